The van der Waals surface area contributed by atoms with Crippen molar-refractivity contribution in [3.63, 3.8) is 0 Å². The summed E-state index contributed by atoms with van der Waals surface area (Å²) in [6.07, 6.45) is 4.04. The number of rotatable bonds is 5. The lowest BCUT2D eigenvalue weighted by atomic mass is 10.1. The Morgan fingerprint density at radius 2 is 2.11 bits per heavy atom. The van der Waals surface area contributed by atoms with Gasteiger partial charge in [0, 0.05) is 22.3 Å². The molecule has 0 aliphatic rings. The van der Waals surface area contributed by atoms with Crippen molar-refractivity contribution in [1.82, 2.24) is 4.98 Å². The number of carbonyl (C=O) groups is 1. The number of nitrogens with zero attached hydrogens (tertiary/aromatic N) is 1. The number of ether oxygens (including phenoxy) is 1. The van der Waals surface area contributed by atoms with E-state index in [0.717, 1.165) is 6.42 Å². The zero-order valence-corrected chi connectivity index (χ0v) is 11.4. The average Bonchev–Trinajstić information content (AvgIpc) is 2.44. The minimum atomic E-state index is -0.114. The highest BCUT2D eigenvalue weighted by Crippen LogP contribution is 2.17. The highest BCUT2D eigenvalue weighted by Gasteiger charge is 2.10. The maximum atomic E-state index is 12.3. The topological polar surface area (TPSA) is 39.2 Å². The summed E-state index contributed by atoms with van der Waals surface area (Å²) in [6, 6.07) is 8.56. The van der Waals surface area contributed by atoms with E-state index in [1.54, 1.807) is 36.5 Å². The summed E-state index contributed by atoms with van der Waals surface area (Å²) < 4.78 is 5.46. The van der Waals surface area contributed by atoms with Crippen LogP contribution in [0.15, 0.2) is 42.7 Å². The summed E-state index contributed by atoms with van der Waals surface area (Å²) in [5.41, 5.74) is 1.04. The molecule has 1 heterocycles. The third-order valence-corrected chi connectivity index (χ3v) is 2.77. The molecule has 0 N–H and O–H groups in total. The van der Waals surface area contributed by atoms with Crippen molar-refractivity contribution in [2.24, 2.45) is 0 Å². The zero-order chi connectivity index (χ0) is 13.7. The fourth-order valence-electron chi connectivity index (χ4n) is 1.64. The number of hydrogen-bond donors (Lipinski definition) is 0. The van der Waals surface area contributed by atoms with Crippen LogP contribution in [-0.2, 0) is 0 Å². The molecule has 4 heteroatoms. The van der Waals surface area contributed by atoms with E-state index in [2.05, 4.69) is 4.98 Å². The first-order chi connectivity index (χ1) is 9.20. The number of carbonyl (C=O) groups excluding carboxylic acids is 1. The van der Waals surface area contributed by atoms with Gasteiger partial charge in [0.2, 0.25) is 0 Å². The van der Waals surface area contributed by atoms with Gasteiger partial charge in [0.25, 0.3) is 0 Å². The van der Waals surface area contributed by atoms with Crippen molar-refractivity contribution < 1.29 is 9.53 Å². The first-order valence-electron chi connectivity index (χ1n) is 6.09. The summed E-state index contributed by atoms with van der Waals surface area (Å²) in [4.78, 5) is 16.3. The molecule has 1 aromatic carbocycles. The molecule has 0 unspecified atom stereocenters. The third-order valence-electron chi connectivity index (χ3n) is 2.54. The second-order valence-corrected chi connectivity index (χ2v) is 4.53. The highest BCUT2D eigenvalue weighted by atomic mass is 35.5. The molecule has 98 valence electrons. The Bertz CT molecular complexity index is 584. The number of halogens is 1. The van der Waals surface area contributed by atoms with Crippen molar-refractivity contribution in [2.45, 2.75) is 13.3 Å². The Kier molecular flexibility index (Phi) is 4.53. The Balaban J connectivity index is 2.24. The Morgan fingerprint density at radius 3 is 2.84 bits per heavy atom. The van der Waals surface area contributed by atoms with Gasteiger partial charge in [0.15, 0.2) is 5.78 Å². The summed E-state index contributed by atoms with van der Waals surface area (Å²) in [7, 11) is 0. The molecule has 0 amide bonds. The van der Waals surface area contributed by atoms with Crippen molar-refractivity contribution in [3.8, 4) is 5.75 Å². The van der Waals surface area contributed by atoms with E-state index in [9.17, 15) is 4.79 Å². The van der Waals surface area contributed by atoms with E-state index in [4.69, 9.17) is 16.3 Å². The first kappa shape index (κ1) is 13.6. The number of aromatic nitrogens is 1. The predicted molar refractivity (Wildman–Crippen MR) is 74.9 cm³/mol. The molecule has 0 atom stereocenters. The second-order valence-electron chi connectivity index (χ2n) is 4.10. The highest BCUT2D eigenvalue weighted by molar-refractivity contribution is 6.31. The van der Waals surface area contributed by atoms with Gasteiger partial charge in [0.1, 0.15) is 5.75 Å². The first-order valence-corrected chi connectivity index (χ1v) is 6.46. The smallest absolute Gasteiger partial charge is 0.194 e. The van der Waals surface area contributed by atoms with Gasteiger partial charge >= 0.3 is 0 Å². The van der Waals surface area contributed by atoms with Crippen LogP contribution >= 0.6 is 11.6 Å². The molecular weight excluding hydrogens is 262 g/mol. The molecule has 0 bridgehead atoms. The average molecular weight is 276 g/mol. The van der Waals surface area contributed by atoms with Gasteiger partial charge in [-0.3, -0.25) is 9.78 Å². The van der Waals surface area contributed by atoms with E-state index in [1.807, 2.05) is 6.92 Å². The SMILES string of the molecule is CCCOc1cncc(C(=O)c2cccc(Cl)c2)c1. The van der Waals surface area contributed by atoms with E-state index < -0.39 is 0 Å². The molecule has 3 nitrogen and oxygen atoms in total. The quantitative estimate of drug-likeness (QED) is 0.780. The molecule has 1 aromatic heterocycles. The van der Waals surface area contributed by atoms with Crippen LogP contribution in [0.25, 0.3) is 0 Å². The molecular formula is C15H14ClNO2. The normalized spacial score (nSPS) is 10.2. The van der Waals surface area contributed by atoms with Gasteiger partial charge in [-0.1, -0.05) is 30.7 Å². The van der Waals surface area contributed by atoms with E-state index in [0.29, 0.717) is 28.5 Å². The van der Waals surface area contributed by atoms with Crippen molar-refractivity contribution >= 4 is 17.4 Å². The molecule has 2 rings (SSSR count). The van der Waals surface area contributed by atoms with Gasteiger partial charge in [-0.2, -0.15) is 0 Å². The largest absolute Gasteiger partial charge is 0.492 e. The molecule has 0 radical (unpaired) electrons. The molecule has 0 spiro atoms. The maximum absolute atomic E-state index is 12.3. The van der Waals surface area contributed by atoms with Crippen LogP contribution in [0.5, 0.6) is 5.75 Å². The van der Waals surface area contributed by atoms with Crippen LogP contribution in [0.2, 0.25) is 5.02 Å². The van der Waals surface area contributed by atoms with Crippen LogP contribution in [-0.4, -0.2) is 17.4 Å². The third kappa shape index (κ3) is 3.55. The van der Waals surface area contributed by atoms with Gasteiger partial charge in [-0.05, 0) is 24.6 Å². The van der Waals surface area contributed by atoms with Gasteiger partial charge in [-0.15, -0.1) is 0 Å². The number of ketones is 1. The summed E-state index contributed by atoms with van der Waals surface area (Å²) in [6.45, 7) is 2.63. The summed E-state index contributed by atoms with van der Waals surface area (Å²) >= 11 is 5.88. The van der Waals surface area contributed by atoms with Crippen LogP contribution < -0.4 is 4.74 Å². The molecule has 2 aromatic rings. The number of benzene rings is 1. The molecule has 0 saturated carbocycles. The minimum absolute atomic E-state index is 0.114. The molecule has 0 saturated heterocycles. The van der Waals surface area contributed by atoms with Gasteiger partial charge < -0.3 is 4.74 Å². The van der Waals surface area contributed by atoms with E-state index in [-0.39, 0.29) is 5.78 Å². The van der Waals surface area contributed by atoms with Crippen molar-refractivity contribution in [1.29, 1.82) is 0 Å². The van der Waals surface area contributed by atoms with Crippen molar-refractivity contribution in [3.05, 3.63) is 58.9 Å². The summed E-state index contributed by atoms with van der Waals surface area (Å²) in [5, 5.41) is 0.539. The minimum Gasteiger partial charge on any atom is -0.492 e. The molecule has 0 fully saturated rings. The lowest BCUT2D eigenvalue weighted by Crippen LogP contribution is -2.03. The standard InChI is InChI=1S/C15H14ClNO2/c1-2-6-19-14-8-12(9-17-10-14)15(18)11-4-3-5-13(16)7-11/h3-5,7-10H,2,6H2,1H3. The molecule has 0 aliphatic carbocycles. The van der Waals surface area contributed by atoms with Crippen LogP contribution in [0.4, 0.5) is 0 Å². The lowest BCUT2D eigenvalue weighted by Gasteiger charge is -2.06. The van der Waals surface area contributed by atoms with Crippen LogP contribution in [0, 0.1) is 0 Å². The number of hydrogen-bond acceptors (Lipinski definition) is 3. The van der Waals surface area contributed by atoms with E-state index >= 15 is 0 Å². The van der Waals surface area contributed by atoms with Crippen LogP contribution in [0.3, 0.4) is 0 Å². The van der Waals surface area contributed by atoms with Crippen molar-refractivity contribution in [2.75, 3.05) is 6.61 Å². The number of pyridine rings is 1. The Morgan fingerprint density at radius 1 is 1.26 bits per heavy atom. The molecule has 19 heavy (non-hydrogen) atoms. The Labute approximate surface area is 117 Å². The van der Waals surface area contributed by atoms with E-state index in [1.165, 1.54) is 6.20 Å². The monoisotopic (exact) mass is 275 g/mol. The fourth-order valence-corrected chi connectivity index (χ4v) is 1.83. The fraction of sp³-hybridized carbons (Fsp3) is 0.200. The predicted octanol–water partition coefficient (Wildman–Crippen LogP) is 3.75. The molecule has 0 aliphatic heterocycles. The lowest BCUT2D eigenvalue weighted by molar-refractivity contribution is 0.103. The Hall–Kier alpha value is -1.87. The maximum Gasteiger partial charge on any atom is 0.194 e. The second kappa shape index (κ2) is 6.34. The van der Waals surface area contributed by atoms with Gasteiger partial charge in [0.05, 0.1) is 12.8 Å². The van der Waals surface area contributed by atoms with Crippen LogP contribution in [0.1, 0.15) is 29.3 Å². The van der Waals surface area contributed by atoms with Gasteiger partial charge in [-0.25, -0.2) is 0 Å². The summed E-state index contributed by atoms with van der Waals surface area (Å²) in [5.74, 6) is 0.492. The zero-order valence-electron chi connectivity index (χ0n) is 10.6.